The van der Waals surface area contributed by atoms with E-state index in [0.717, 1.165) is 14.3 Å². The van der Waals surface area contributed by atoms with Crippen molar-refractivity contribution in [3.05, 3.63) is 82.8 Å². The van der Waals surface area contributed by atoms with Gasteiger partial charge >= 0.3 is 0 Å². The highest BCUT2D eigenvalue weighted by molar-refractivity contribution is 9.10. The van der Waals surface area contributed by atoms with Crippen molar-refractivity contribution in [2.75, 3.05) is 24.6 Å². The second kappa shape index (κ2) is 14.4. The van der Waals surface area contributed by atoms with Crippen LogP contribution in [0, 0.1) is 0 Å². The Morgan fingerprint density at radius 3 is 2.20 bits per heavy atom. The Morgan fingerprint density at radius 2 is 1.61 bits per heavy atom. The van der Waals surface area contributed by atoms with Crippen LogP contribution in [0.5, 0.6) is 11.5 Å². The number of amides is 2. The summed E-state index contributed by atoms with van der Waals surface area (Å²) in [7, 11) is -2.63. The summed E-state index contributed by atoms with van der Waals surface area (Å²) < 4.78 is 40.4. The third-order valence-corrected chi connectivity index (χ3v) is 8.52. The van der Waals surface area contributed by atoms with Gasteiger partial charge in [-0.05, 0) is 93.9 Å². The molecule has 0 spiro atoms. The molecular weight excluding hydrogens is 610 g/mol. The van der Waals surface area contributed by atoms with E-state index in [2.05, 4.69) is 21.2 Å². The molecule has 0 bridgehead atoms. The van der Waals surface area contributed by atoms with E-state index in [1.165, 1.54) is 17.0 Å². The number of sulfonamides is 1. The quantitative estimate of drug-likeness (QED) is 0.281. The Kier molecular flexibility index (Phi) is 11.2. The monoisotopic (exact) mass is 645 g/mol. The average molecular weight is 647 g/mol. The second-order valence-corrected chi connectivity index (χ2v) is 12.4. The van der Waals surface area contributed by atoms with Gasteiger partial charge < -0.3 is 19.7 Å². The fourth-order valence-electron chi connectivity index (χ4n) is 4.09. The fourth-order valence-corrected chi connectivity index (χ4v) is 5.77. The maximum atomic E-state index is 14.0. The van der Waals surface area contributed by atoms with Gasteiger partial charge in [-0.25, -0.2) is 8.42 Å². The number of hydrogen-bond donors (Lipinski definition) is 1. The standard InChI is InChI=1S/C30H36BrN3O6S/c1-6-40-26-14-12-25(13-15-26)34(41(37,38)28-16-10-24(31)11-17-28)20-29(35)33(22(4)30(36)32-21(2)3)19-23-8-7-9-27(18-23)39-5/h7-18,21-22H,6,19-20H2,1-5H3,(H,32,36). The van der Waals surface area contributed by atoms with Gasteiger partial charge in [0.05, 0.1) is 24.3 Å². The molecule has 0 heterocycles. The van der Waals surface area contributed by atoms with Gasteiger partial charge in [0.15, 0.2) is 0 Å². The van der Waals surface area contributed by atoms with Gasteiger partial charge in [-0.1, -0.05) is 28.1 Å². The maximum Gasteiger partial charge on any atom is 0.264 e. The first-order valence-electron chi connectivity index (χ1n) is 13.2. The predicted octanol–water partition coefficient (Wildman–Crippen LogP) is 4.99. The number of anilines is 1. The summed E-state index contributed by atoms with van der Waals surface area (Å²) >= 11 is 3.33. The van der Waals surface area contributed by atoms with E-state index < -0.39 is 28.5 Å². The molecule has 2 amide bonds. The zero-order chi connectivity index (χ0) is 30.2. The number of nitrogens with zero attached hydrogens (tertiary/aromatic N) is 2. The average Bonchev–Trinajstić information content (AvgIpc) is 2.94. The van der Waals surface area contributed by atoms with Crippen LogP contribution in [0.15, 0.2) is 82.2 Å². The number of halogens is 1. The van der Waals surface area contributed by atoms with Crippen molar-refractivity contribution in [2.24, 2.45) is 0 Å². The first kappa shape index (κ1) is 32.0. The molecule has 3 aromatic rings. The molecule has 1 N–H and O–H groups in total. The second-order valence-electron chi connectivity index (χ2n) is 9.60. The van der Waals surface area contributed by atoms with Crippen molar-refractivity contribution in [1.29, 1.82) is 0 Å². The van der Waals surface area contributed by atoms with Gasteiger partial charge in [0.25, 0.3) is 10.0 Å². The molecule has 0 radical (unpaired) electrons. The van der Waals surface area contributed by atoms with Crippen LogP contribution in [0.1, 0.15) is 33.3 Å². The van der Waals surface area contributed by atoms with Crippen LogP contribution in [0.2, 0.25) is 0 Å². The summed E-state index contributed by atoms with van der Waals surface area (Å²) in [6.07, 6.45) is 0. The van der Waals surface area contributed by atoms with Crippen LogP contribution in [0.25, 0.3) is 0 Å². The molecule has 0 aliphatic carbocycles. The third kappa shape index (κ3) is 8.46. The van der Waals surface area contributed by atoms with Crippen molar-refractivity contribution in [3.8, 4) is 11.5 Å². The molecule has 3 rings (SSSR count). The summed E-state index contributed by atoms with van der Waals surface area (Å²) in [5, 5.41) is 2.84. The molecule has 1 atom stereocenters. The van der Waals surface area contributed by atoms with Crippen molar-refractivity contribution < 1.29 is 27.5 Å². The number of benzene rings is 3. The Morgan fingerprint density at radius 1 is 0.951 bits per heavy atom. The molecule has 0 aromatic heterocycles. The van der Waals surface area contributed by atoms with E-state index >= 15 is 0 Å². The number of carbonyl (C=O) groups is 2. The Balaban J connectivity index is 2.04. The molecule has 9 nitrogen and oxygen atoms in total. The number of rotatable bonds is 13. The molecule has 0 saturated heterocycles. The summed E-state index contributed by atoms with van der Waals surface area (Å²) in [4.78, 5) is 28.4. The van der Waals surface area contributed by atoms with Crippen molar-refractivity contribution in [2.45, 2.75) is 51.2 Å². The van der Waals surface area contributed by atoms with E-state index in [1.807, 2.05) is 26.8 Å². The number of carbonyl (C=O) groups excluding carboxylic acids is 2. The minimum atomic E-state index is -4.17. The molecule has 0 aliphatic rings. The summed E-state index contributed by atoms with van der Waals surface area (Å²) in [6.45, 7) is 7.13. The zero-order valence-corrected chi connectivity index (χ0v) is 26.2. The lowest BCUT2D eigenvalue weighted by molar-refractivity contribution is -0.139. The molecule has 11 heteroatoms. The summed E-state index contributed by atoms with van der Waals surface area (Å²) in [5.74, 6) is 0.277. The highest BCUT2D eigenvalue weighted by Crippen LogP contribution is 2.27. The van der Waals surface area contributed by atoms with Gasteiger partial charge in [0, 0.05) is 17.1 Å². The molecule has 1 unspecified atom stereocenters. The summed E-state index contributed by atoms with van der Waals surface area (Å²) in [6, 6.07) is 18.8. The first-order valence-corrected chi connectivity index (χ1v) is 15.4. The van der Waals surface area contributed by atoms with Crippen LogP contribution in [0.4, 0.5) is 5.69 Å². The lowest BCUT2D eigenvalue weighted by Crippen LogP contribution is -2.52. The fraction of sp³-hybridized carbons (Fsp3) is 0.333. The van der Waals surface area contributed by atoms with Crippen molar-refractivity contribution in [1.82, 2.24) is 10.2 Å². The van der Waals surface area contributed by atoms with Gasteiger partial charge in [0.2, 0.25) is 11.8 Å². The summed E-state index contributed by atoms with van der Waals surface area (Å²) in [5.41, 5.74) is 1.01. The highest BCUT2D eigenvalue weighted by Gasteiger charge is 2.32. The minimum absolute atomic E-state index is 0.0207. The molecule has 0 saturated carbocycles. The SMILES string of the molecule is CCOc1ccc(N(CC(=O)N(Cc2cccc(OC)c2)C(C)C(=O)NC(C)C)S(=O)(=O)c2ccc(Br)cc2)cc1. The van der Waals surface area contributed by atoms with Crippen molar-refractivity contribution >= 4 is 43.5 Å². The Bertz CT molecular complexity index is 1430. The highest BCUT2D eigenvalue weighted by atomic mass is 79.9. The third-order valence-electron chi connectivity index (χ3n) is 6.20. The number of nitrogens with one attached hydrogen (secondary N) is 1. The van der Waals surface area contributed by atoms with E-state index in [-0.39, 0.29) is 29.1 Å². The lowest BCUT2D eigenvalue weighted by atomic mass is 10.1. The van der Waals surface area contributed by atoms with Gasteiger partial charge in [-0.3, -0.25) is 13.9 Å². The van der Waals surface area contributed by atoms with E-state index in [9.17, 15) is 18.0 Å². The largest absolute Gasteiger partial charge is 0.497 e. The Labute approximate surface area is 250 Å². The van der Waals surface area contributed by atoms with E-state index in [0.29, 0.717) is 18.1 Å². The van der Waals surface area contributed by atoms with Gasteiger partial charge in [-0.2, -0.15) is 0 Å². The van der Waals surface area contributed by atoms with Gasteiger partial charge in [-0.15, -0.1) is 0 Å². The zero-order valence-electron chi connectivity index (χ0n) is 23.8. The molecule has 220 valence electrons. The number of methoxy groups -OCH3 is 1. The number of hydrogen-bond acceptors (Lipinski definition) is 6. The van der Waals surface area contributed by atoms with Crippen LogP contribution >= 0.6 is 15.9 Å². The van der Waals surface area contributed by atoms with Crippen molar-refractivity contribution in [3.63, 3.8) is 0 Å². The molecule has 3 aromatic carbocycles. The topological polar surface area (TPSA) is 105 Å². The van der Waals surface area contributed by atoms with Crippen LogP contribution in [-0.2, 0) is 26.2 Å². The first-order chi connectivity index (χ1) is 19.5. The van der Waals surface area contributed by atoms with Crippen LogP contribution in [-0.4, -0.2) is 57.5 Å². The molecular formula is C30H36BrN3O6S. The molecule has 0 fully saturated rings. The van der Waals surface area contributed by atoms with E-state index in [1.54, 1.807) is 68.6 Å². The van der Waals surface area contributed by atoms with Crippen LogP contribution in [0.3, 0.4) is 0 Å². The number of ether oxygens (including phenoxy) is 2. The Hall–Kier alpha value is -3.57. The van der Waals surface area contributed by atoms with Gasteiger partial charge in [0.1, 0.15) is 24.1 Å². The molecule has 0 aliphatic heterocycles. The minimum Gasteiger partial charge on any atom is -0.497 e. The molecule has 41 heavy (non-hydrogen) atoms. The van der Waals surface area contributed by atoms with Crippen LogP contribution < -0.4 is 19.1 Å². The maximum absolute atomic E-state index is 14.0. The lowest BCUT2D eigenvalue weighted by Gasteiger charge is -2.32. The predicted molar refractivity (Wildman–Crippen MR) is 163 cm³/mol. The van der Waals surface area contributed by atoms with E-state index in [4.69, 9.17) is 9.47 Å². The normalized spacial score (nSPS) is 12.0. The smallest absolute Gasteiger partial charge is 0.264 e.